The van der Waals surface area contributed by atoms with Crippen molar-refractivity contribution in [3.05, 3.63) is 59.7 Å². The molecule has 0 atom stereocenters. The van der Waals surface area contributed by atoms with Crippen LogP contribution in [0.3, 0.4) is 0 Å². The van der Waals surface area contributed by atoms with Gasteiger partial charge >= 0.3 is 0 Å². The lowest BCUT2D eigenvalue weighted by Crippen LogP contribution is -2.51. The molecule has 0 unspecified atom stereocenters. The van der Waals surface area contributed by atoms with Crippen molar-refractivity contribution in [1.82, 2.24) is 34.9 Å². The molecular formula is C16H15F2N7O. The van der Waals surface area contributed by atoms with Crippen molar-refractivity contribution >= 4 is 5.91 Å². The molecule has 2 aromatic heterocycles. The van der Waals surface area contributed by atoms with Crippen LogP contribution in [0.4, 0.5) is 8.78 Å². The number of halogens is 2. The van der Waals surface area contributed by atoms with Crippen LogP contribution in [0, 0.1) is 11.6 Å². The molecule has 1 aliphatic heterocycles. The zero-order valence-electron chi connectivity index (χ0n) is 13.7. The maximum absolute atomic E-state index is 13.7. The van der Waals surface area contributed by atoms with Crippen LogP contribution in [-0.4, -0.2) is 53.9 Å². The van der Waals surface area contributed by atoms with Gasteiger partial charge in [0.25, 0.3) is 0 Å². The zero-order valence-corrected chi connectivity index (χ0v) is 13.7. The Labute approximate surface area is 147 Å². The third-order valence-corrected chi connectivity index (χ3v) is 4.27. The van der Waals surface area contributed by atoms with Gasteiger partial charge in [-0.2, -0.15) is 15.0 Å². The van der Waals surface area contributed by atoms with Gasteiger partial charge in [0.15, 0.2) is 0 Å². The summed E-state index contributed by atoms with van der Waals surface area (Å²) in [5, 5.41) is 16.2. The second-order valence-electron chi connectivity index (χ2n) is 6.11. The number of carbonyl (C=O) groups is 1. The molecule has 1 aromatic carbocycles. The van der Waals surface area contributed by atoms with Crippen LogP contribution in [0.2, 0.25) is 0 Å². The molecule has 0 saturated carbocycles. The molecule has 134 valence electrons. The first-order chi connectivity index (χ1) is 12.6. The van der Waals surface area contributed by atoms with Gasteiger partial charge in [-0.05, 0) is 11.6 Å². The van der Waals surface area contributed by atoms with Gasteiger partial charge < -0.3 is 4.90 Å². The molecule has 10 heteroatoms. The Balaban J connectivity index is 1.32. The Bertz CT molecular complexity index is 919. The van der Waals surface area contributed by atoms with E-state index in [1.54, 1.807) is 28.2 Å². The number of nitrogens with zero attached hydrogens (tertiary/aromatic N) is 7. The molecule has 1 amide bonds. The molecule has 0 radical (unpaired) electrons. The number of aromatic nitrogens is 6. The minimum Gasteiger partial charge on any atom is -0.338 e. The fourth-order valence-electron chi connectivity index (χ4n) is 2.80. The molecule has 1 saturated heterocycles. The number of amides is 1. The van der Waals surface area contributed by atoms with Crippen molar-refractivity contribution in [2.45, 2.75) is 19.0 Å². The van der Waals surface area contributed by atoms with E-state index < -0.39 is 11.6 Å². The van der Waals surface area contributed by atoms with Crippen LogP contribution < -0.4 is 0 Å². The lowest BCUT2D eigenvalue weighted by atomic mass is 10.1. The van der Waals surface area contributed by atoms with Crippen LogP contribution >= 0.6 is 0 Å². The molecule has 4 rings (SSSR count). The van der Waals surface area contributed by atoms with Gasteiger partial charge in [-0.3, -0.25) is 4.79 Å². The third-order valence-electron chi connectivity index (χ3n) is 4.27. The topological polar surface area (TPSA) is 81.7 Å². The summed E-state index contributed by atoms with van der Waals surface area (Å²) in [5.41, 5.74) is 0.911. The monoisotopic (exact) mass is 359 g/mol. The number of rotatable bonds is 5. The average Bonchev–Trinajstić information content (AvgIpc) is 3.21. The average molecular weight is 359 g/mol. The summed E-state index contributed by atoms with van der Waals surface area (Å²) in [6.45, 7) is 1.38. The summed E-state index contributed by atoms with van der Waals surface area (Å²) in [4.78, 5) is 15.3. The number of carbonyl (C=O) groups excluding carboxylic acids is 1. The van der Waals surface area contributed by atoms with E-state index in [-0.39, 0.29) is 23.9 Å². The van der Waals surface area contributed by atoms with E-state index in [1.165, 1.54) is 10.9 Å². The summed E-state index contributed by atoms with van der Waals surface area (Å²) in [5.74, 6) is -1.56. The smallest absolute Gasteiger partial charge is 0.227 e. The Morgan fingerprint density at radius 1 is 1.19 bits per heavy atom. The quantitative estimate of drug-likeness (QED) is 0.674. The number of hydrogen-bond acceptors (Lipinski definition) is 5. The SMILES string of the molecule is O=C(Cc1ccc(F)cc1F)N1CC(n2cc(Cn3nccn3)nn2)C1. The first-order valence-corrected chi connectivity index (χ1v) is 8.05. The molecule has 0 bridgehead atoms. The number of benzene rings is 1. The fourth-order valence-corrected chi connectivity index (χ4v) is 2.80. The molecular weight excluding hydrogens is 344 g/mol. The molecule has 1 aliphatic rings. The van der Waals surface area contributed by atoms with E-state index in [0.29, 0.717) is 19.6 Å². The number of likely N-dealkylation sites (tertiary alicyclic amines) is 1. The molecule has 26 heavy (non-hydrogen) atoms. The Kier molecular flexibility index (Phi) is 4.15. The standard InChI is InChI=1S/C16H15F2N7O/c17-12-2-1-11(15(18)6-12)5-16(26)23-9-14(10-23)24-7-13(21-22-24)8-25-19-3-4-20-25/h1-4,6-7,14H,5,8-10H2. The van der Waals surface area contributed by atoms with Crippen LogP contribution in [0.15, 0.2) is 36.8 Å². The second-order valence-corrected chi connectivity index (χ2v) is 6.11. The first-order valence-electron chi connectivity index (χ1n) is 8.05. The van der Waals surface area contributed by atoms with Crippen LogP contribution in [0.1, 0.15) is 17.3 Å². The normalized spacial score (nSPS) is 14.5. The lowest BCUT2D eigenvalue weighted by Gasteiger charge is -2.39. The first kappa shape index (κ1) is 16.3. The second kappa shape index (κ2) is 6.62. The van der Waals surface area contributed by atoms with Crippen LogP contribution in [-0.2, 0) is 17.8 Å². The highest BCUT2D eigenvalue weighted by atomic mass is 19.1. The van der Waals surface area contributed by atoms with Gasteiger partial charge in [0.2, 0.25) is 5.91 Å². The van der Waals surface area contributed by atoms with Gasteiger partial charge in [0.1, 0.15) is 23.9 Å². The predicted octanol–water partition coefficient (Wildman–Crippen LogP) is 0.822. The predicted molar refractivity (Wildman–Crippen MR) is 84.8 cm³/mol. The van der Waals surface area contributed by atoms with Crippen molar-refractivity contribution in [1.29, 1.82) is 0 Å². The van der Waals surface area contributed by atoms with Gasteiger partial charge in [-0.25, -0.2) is 13.5 Å². The number of hydrogen-bond donors (Lipinski definition) is 0. The van der Waals surface area contributed by atoms with E-state index >= 15 is 0 Å². The molecule has 1 fully saturated rings. The molecule has 3 aromatic rings. The zero-order chi connectivity index (χ0) is 18.1. The van der Waals surface area contributed by atoms with Crippen LogP contribution in [0.5, 0.6) is 0 Å². The van der Waals surface area contributed by atoms with Gasteiger partial charge in [-0.15, -0.1) is 5.10 Å². The minimum absolute atomic E-state index is 0.0313. The maximum Gasteiger partial charge on any atom is 0.227 e. The highest BCUT2D eigenvalue weighted by Crippen LogP contribution is 2.22. The summed E-state index contributed by atoms with van der Waals surface area (Å²) in [6, 6.07) is 3.26. The van der Waals surface area contributed by atoms with E-state index in [2.05, 4.69) is 20.5 Å². The lowest BCUT2D eigenvalue weighted by molar-refractivity contribution is -0.136. The fraction of sp³-hybridized carbons (Fsp3) is 0.312. The van der Waals surface area contributed by atoms with Gasteiger partial charge in [-0.1, -0.05) is 11.3 Å². The van der Waals surface area contributed by atoms with Gasteiger partial charge in [0, 0.05) is 19.2 Å². The molecule has 0 spiro atoms. The summed E-state index contributed by atoms with van der Waals surface area (Å²) in [7, 11) is 0. The Morgan fingerprint density at radius 3 is 2.69 bits per heavy atom. The van der Waals surface area contributed by atoms with E-state index in [0.717, 1.165) is 17.8 Å². The van der Waals surface area contributed by atoms with Crippen molar-refractivity contribution in [2.24, 2.45) is 0 Å². The summed E-state index contributed by atoms with van der Waals surface area (Å²) < 4.78 is 28.3. The Morgan fingerprint density at radius 2 is 1.96 bits per heavy atom. The summed E-state index contributed by atoms with van der Waals surface area (Å²) in [6.07, 6.45) is 4.88. The van der Waals surface area contributed by atoms with Crippen LogP contribution in [0.25, 0.3) is 0 Å². The highest BCUT2D eigenvalue weighted by Gasteiger charge is 2.33. The Hall–Kier alpha value is -3.17. The van der Waals surface area contributed by atoms with Crippen molar-refractivity contribution in [2.75, 3.05) is 13.1 Å². The summed E-state index contributed by atoms with van der Waals surface area (Å²) >= 11 is 0. The molecule has 0 aliphatic carbocycles. The molecule has 0 N–H and O–H groups in total. The van der Waals surface area contributed by atoms with E-state index in [9.17, 15) is 13.6 Å². The van der Waals surface area contributed by atoms with Crippen molar-refractivity contribution in [3.63, 3.8) is 0 Å². The third kappa shape index (κ3) is 3.30. The minimum atomic E-state index is -0.705. The largest absolute Gasteiger partial charge is 0.338 e. The van der Waals surface area contributed by atoms with E-state index in [4.69, 9.17) is 0 Å². The van der Waals surface area contributed by atoms with Crippen molar-refractivity contribution in [3.8, 4) is 0 Å². The highest BCUT2D eigenvalue weighted by molar-refractivity contribution is 5.79. The molecule has 3 heterocycles. The maximum atomic E-state index is 13.7. The van der Waals surface area contributed by atoms with Crippen molar-refractivity contribution < 1.29 is 13.6 Å². The van der Waals surface area contributed by atoms with Gasteiger partial charge in [0.05, 0.1) is 31.1 Å². The van der Waals surface area contributed by atoms with E-state index in [1.807, 2.05) is 0 Å². The molecule has 8 nitrogen and oxygen atoms in total.